The lowest BCUT2D eigenvalue weighted by atomic mass is 10.0. The number of rotatable bonds is 4. The quantitative estimate of drug-likeness (QED) is 0.765. The molecule has 1 saturated heterocycles. The maximum absolute atomic E-state index is 5.74. The second kappa shape index (κ2) is 7.34. The number of nitrogens with two attached hydrogens (primary N) is 1. The number of hydrogen-bond acceptors (Lipinski definition) is 3. The molecule has 3 heteroatoms. The molecule has 100 valence electrons. The zero-order chi connectivity index (χ0) is 11.9. The molecule has 0 unspecified atom stereocenters. The molecule has 2 N–H and O–H groups in total. The van der Waals surface area contributed by atoms with E-state index in [2.05, 4.69) is 4.90 Å². The summed E-state index contributed by atoms with van der Waals surface area (Å²) in [6.45, 7) is 3.86. The van der Waals surface area contributed by atoms with Crippen molar-refractivity contribution < 1.29 is 4.74 Å². The van der Waals surface area contributed by atoms with Crippen LogP contribution in [-0.4, -0.2) is 43.3 Å². The lowest BCUT2D eigenvalue weighted by molar-refractivity contribution is -0.0000912. The van der Waals surface area contributed by atoms with Gasteiger partial charge in [0, 0.05) is 25.7 Å². The summed E-state index contributed by atoms with van der Waals surface area (Å²) >= 11 is 0. The SMILES string of the molecule is NCCOC1CCN(C2CCCCCC2)CC1. The molecule has 3 nitrogen and oxygen atoms in total. The van der Waals surface area contributed by atoms with Crippen molar-refractivity contribution in [1.29, 1.82) is 0 Å². The third-order valence-corrected chi connectivity index (χ3v) is 4.29. The molecule has 0 radical (unpaired) electrons. The van der Waals surface area contributed by atoms with E-state index in [0.717, 1.165) is 12.6 Å². The van der Waals surface area contributed by atoms with E-state index in [1.54, 1.807) is 0 Å². The van der Waals surface area contributed by atoms with Crippen LogP contribution in [0.5, 0.6) is 0 Å². The molecule has 2 aliphatic rings. The Hall–Kier alpha value is -0.120. The van der Waals surface area contributed by atoms with Crippen LogP contribution in [0.3, 0.4) is 0 Å². The number of likely N-dealkylation sites (tertiary alicyclic amines) is 1. The van der Waals surface area contributed by atoms with Gasteiger partial charge in [-0.25, -0.2) is 0 Å². The standard InChI is InChI=1S/C14H28N2O/c15-9-12-17-14-7-10-16(11-8-14)13-5-3-1-2-4-6-13/h13-14H,1-12,15H2. The van der Waals surface area contributed by atoms with Crippen LogP contribution in [0, 0.1) is 0 Å². The topological polar surface area (TPSA) is 38.5 Å². The maximum Gasteiger partial charge on any atom is 0.0600 e. The molecule has 0 aromatic rings. The smallest absolute Gasteiger partial charge is 0.0600 e. The predicted molar refractivity (Wildman–Crippen MR) is 71.1 cm³/mol. The lowest BCUT2D eigenvalue weighted by Crippen LogP contribution is -2.43. The molecule has 1 aliphatic carbocycles. The zero-order valence-electron chi connectivity index (χ0n) is 11.1. The zero-order valence-corrected chi connectivity index (χ0v) is 11.1. The van der Waals surface area contributed by atoms with E-state index in [-0.39, 0.29) is 0 Å². The molecular formula is C14H28N2O. The molecule has 1 aliphatic heterocycles. The molecule has 0 atom stereocenters. The first-order valence-corrected chi connectivity index (χ1v) is 7.46. The summed E-state index contributed by atoms with van der Waals surface area (Å²) in [6, 6.07) is 0.868. The van der Waals surface area contributed by atoms with Crippen LogP contribution < -0.4 is 5.73 Å². The summed E-state index contributed by atoms with van der Waals surface area (Å²) in [4.78, 5) is 2.72. The second-order valence-electron chi connectivity index (χ2n) is 5.54. The normalized spacial score (nSPS) is 25.9. The Balaban J connectivity index is 1.70. The van der Waals surface area contributed by atoms with E-state index < -0.39 is 0 Å². The average Bonchev–Trinajstić information content (AvgIpc) is 2.66. The Morgan fingerprint density at radius 2 is 1.59 bits per heavy atom. The van der Waals surface area contributed by atoms with Gasteiger partial charge in [-0.05, 0) is 25.7 Å². The highest BCUT2D eigenvalue weighted by Crippen LogP contribution is 2.25. The minimum atomic E-state index is 0.473. The summed E-state index contributed by atoms with van der Waals surface area (Å²) < 4.78 is 5.74. The minimum Gasteiger partial charge on any atom is -0.377 e. The largest absolute Gasteiger partial charge is 0.377 e. The minimum absolute atomic E-state index is 0.473. The summed E-state index contributed by atoms with van der Waals surface area (Å²) in [5.74, 6) is 0. The Labute approximate surface area is 106 Å². The van der Waals surface area contributed by atoms with E-state index in [1.807, 2.05) is 0 Å². The van der Waals surface area contributed by atoms with Crippen molar-refractivity contribution in [3.63, 3.8) is 0 Å². The Bertz CT molecular complexity index is 194. The van der Waals surface area contributed by atoms with Gasteiger partial charge in [-0.2, -0.15) is 0 Å². The van der Waals surface area contributed by atoms with Gasteiger partial charge in [0.1, 0.15) is 0 Å². The van der Waals surface area contributed by atoms with Crippen molar-refractivity contribution in [2.24, 2.45) is 5.73 Å². The maximum atomic E-state index is 5.74. The highest BCUT2D eigenvalue weighted by molar-refractivity contribution is 4.80. The van der Waals surface area contributed by atoms with Crippen molar-refractivity contribution in [2.75, 3.05) is 26.2 Å². The van der Waals surface area contributed by atoms with Crippen LogP contribution in [-0.2, 0) is 4.74 Å². The second-order valence-corrected chi connectivity index (χ2v) is 5.54. The van der Waals surface area contributed by atoms with Crippen LogP contribution >= 0.6 is 0 Å². The molecule has 1 heterocycles. The monoisotopic (exact) mass is 240 g/mol. The first-order valence-electron chi connectivity index (χ1n) is 7.46. The molecule has 2 fully saturated rings. The molecule has 0 aromatic heterocycles. The Kier molecular flexibility index (Phi) is 5.75. The van der Waals surface area contributed by atoms with Gasteiger partial charge in [-0.3, -0.25) is 0 Å². The fraction of sp³-hybridized carbons (Fsp3) is 1.00. The number of hydrogen-bond donors (Lipinski definition) is 1. The van der Waals surface area contributed by atoms with Gasteiger partial charge in [0.25, 0.3) is 0 Å². The van der Waals surface area contributed by atoms with Crippen molar-refractivity contribution in [2.45, 2.75) is 63.5 Å². The van der Waals surface area contributed by atoms with Crippen molar-refractivity contribution in [3.05, 3.63) is 0 Å². The number of piperidine rings is 1. The van der Waals surface area contributed by atoms with Gasteiger partial charge in [0.05, 0.1) is 12.7 Å². The first kappa shape index (κ1) is 13.3. The van der Waals surface area contributed by atoms with Gasteiger partial charge in [-0.1, -0.05) is 25.7 Å². The summed E-state index contributed by atoms with van der Waals surface area (Å²) in [5.41, 5.74) is 5.47. The molecule has 0 aromatic carbocycles. The van der Waals surface area contributed by atoms with Crippen molar-refractivity contribution in [3.8, 4) is 0 Å². The van der Waals surface area contributed by atoms with Crippen LogP contribution in [0.15, 0.2) is 0 Å². The summed E-state index contributed by atoms with van der Waals surface area (Å²) in [5, 5.41) is 0. The van der Waals surface area contributed by atoms with Gasteiger partial charge in [0.15, 0.2) is 0 Å². The highest BCUT2D eigenvalue weighted by Gasteiger charge is 2.25. The Morgan fingerprint density at radius 3 is 2.18 bits per heavy atom. The molecule has 0 spiro atoms. The molecular weight excluding hydrogens is 212 g/mol. The number of ether oxygens (including phenoxy) is 1. The molecule has 0 amide bonds. The van der Waals surface area contributed by atoms with Crippen LogP contribution in [0.4, 0.5) is 0 Å². The molecule has 1 saturated carbocycles. The van der Waals surface area contributed by atoms with E-state index in [9.17, 15) is 0 Å². The van der Waals surface area contributed by atoms with Gasteiger partial charge >= 0.3 is 0 Å². The van der Waals surface area contributed by atoms with Crippen LogP contribution in [0.1, 0.15) is 51.4 Å². The van der Waals surface area contributed by atoms with Crippen molar-refractivity contribution >= 4 is 0 Å². The fourth-order valence-electron chi connectivity index (χ4n) is 3.27. The van der Waals surface area contributed by atoms with Gasteiger partial charge in [-0.15, -0.1) is 0 Å². The van der Waals surface area contributed by atoms with E-state index >= 15 is 0 Å². The number of nitrogens with zero attached hydrogens (tertiary/aromatic N) is 1. The summed E-state index contributed by atoms with van der Waals surface area (Å²) in [7, 11) is 0. The predicted octanol–water partition coefficient (Wildman–Crippen LogP) is 2.15. The lowest BCUT2D eigenvalue weighted by Gasteiger charge is -2.37. The third kappa shape index (κ3) is 4.23. The molecule has 2 rings (SSSR count). The third-order valence-electron chi connectivity index (χ3n) is 4.29. The van der Waals surface area contributed by atoms with Crippen LogP contribution in [0.2, 0.25) is 0 Å². The highest BCUT2D eigenvalue weighted by atomic mass is 16.5. The fourth-order valence-corrected chi connectivity index (χ4v) is 3.27. The van der Waals surface area contributed by atoms with Gasteiger partial charge in [0.2, 0.25) is 0 Å². The van der Waals surface area contributed by atoms with Crippen molar-refractivity contribution in [1.82, 2.24) is 4.90 Å². The first-order chi connectivity index (χ1) is 8.40. The van der Waals surface area contributed by atoms with Crippen LogP contribution in [0.25, 0.3) is 0 Å². The summed E-state index contributed by atoms with van der Waals surface area (Å²) in [6.07, 6.45) is 11.5. The Morgan fingerprint density at radius 1 is 0.941 bits per heavy atom. The van der Waals surface area contributed by atoms with Gasteiger partial charge < -0.3 is 15.4 Å². The molecule has 0 bridgehead atoms. The molecule has 17 heavy (non-hydrogen) atoms. The average molecular weight is 240 g/mol. The van der Waals surface area contributed by atoms with E-state index in [1.165, 1.54) is 64.5 Å². The van der Waals surface area contributed by atoms with E-state index in [0.29, 0.717) is 12.6 Å². The van der Waals surface area contributed by atoms with E-state index in [4.69, 9.17) is 10.5 Å².